The molecule has 0 aromatic heterocycles. The monoisotopic (exact) mass is 256 g/mol. The summed E-state index contributed by atoms with van der Waals surface area (Å²) in [5, 5.41) is 1.06. The minimum absolute atomic E-state index is 0.525. The second kappa shape index (κ2) is 4.27. The van der Waals surface area contributed by atoms with Crippen LogP contribution in [0.4, 0.5) is 0 Å². The van der Waals surface area contributed by atoms with Crippen molar-refractivity contribution in [1.29, 1.82) is 0 Å². The Hall–Kier alpha value is 0.380. The molecule has 0 saturated heterocycles. The lowest BCUT2D eigenvalue weighted by Crippen LogP contribution is -2.10. The van der Waals surface area contributed by atoms with E-state index in [4.69, 9.17) is 46.4 Å². The third kappa shape index (κ3) is 3.95. The second-order valence-corrected chi connectivity index (χ2v) is 5.67. The molecule has 1 rings (SSSR count). The largest absolute Gasteiger partial charge is 0.119 e. The van der Waals surface area contributed by atoms with Crippen molar-refractivity contribution in [2.75, 3.05) is 0 Å². The van der Waals surface area contributed by atoms with Crippen LogP contribution in [0.15, 0.2) is 18.2 Å². The van der Waals surface area contributed by atoms with Crippen LogP contribution in [-0.2, 0) is 6.42 Å². The topological polar surface area (TPSA) is 0 Å². The zero-order valence-electron chi connectivity index (χ0n) is 6.95. The lowest BCUT2D eigenvalue weighted by Gasteiger charge is -2.13. The standard InChI is InChI=1S/C9H8Cl4/c1-9(12,13)5-6-2-3-7(10)8(11)4-6/h2-4H,5H2,1H3. The summed E-state index contributed by atoms with van der Waals surface area (Å²) in [6, 6.07) is 5.36. The van der Waals surface area contributed by atoms with Crippen molar-refractivity contribution in [2.24, 2.45) is 0 Å². The minimum Gasteiger partial charge on any atom is -0.102 e. The van der Waals surface area contributed by atoms with Gasteiger partial charge >= 0.3 is 0 Å². The van der Waals surface area contributed by atoms with E-state index in [0.29, 0.717) is 16.5 Å². The van der Waals surface area contributed by atoms with Gasteiger partial charge in [-0.1, -0.05) is 29.3 Å². The molecule has 13 heavy (non-hydrogen) atoms. The van der Waals surface area contributed by atoms with Gasteiger partial charge in [0.25, 0.3) is 0 Å². The molecule has 1 aromatic carbocycles. The molecule has 0 aliphatic carbocycles. The van der Waals surface area contributed by atoms with Gasteiger partial charge in [-0.3, -0.25) is 0 Å². The number of hydrogen-bond donors (Lipinski definition) is 0. The van der Waals surface area contributed by atoms with Gasteiger partial charge in [-0.15, -0.1) is 23.2 Å². The SMILES string of the molecule is CC(Cl)(Cl)Cc1ccc(Cl)c(Cl)c1. The number of hydrogen-bond acceptors (Lipinski definition) is 0. The first-order valence-corrected chi connectivity index (χ1v) is 5.21. The van der Waals surface area contributed by atoms with Gasteiger partial charge in [0.1, 0.15) is 4.33 Å². The van der Waals surface area contributed by atoms with Crippen molar-refractivity contribution >= 4 is 46.4 Å². The van der Waals surface area contributed by atoms with Crippen molar-refractivity contribution in [3.05, 3.63) is 33.8 Å². The summed E-state index contributed by atoms with van der Waals surface area (Å²) in [5.41, 5.74) is 0.974. The summed E-state index contributed by atoms with van der Waals surface area (Å²) in [6.07, 6.45) is 0.549. The van der Waals surface area contributed by atoms with Gasteiger partial charge in [-0.25, -0.2) is 0 Å². The zero-order valence-corrected chi connectivity index (χ0v) is 9.97. The summed E-state index contributed by atoms with van der Waals surface area (Å²) < 4.78 is -0.767. The first-order chi connectivity index (χ1) is 5.88. The Balaban J connectivity index is 2.86. The number of halogens is 4. The average molecular weight is 258 g/mol. The van der Waals surface area contributed by atoms with E-state index in [1.807, 2.05) is 6.07 Å². The highest BCUT2D eigenvalue weighted by Gasteiger charge is 2.17. The smallest absolute Gasteiger partial charge is 0.102 e. The minimum atomic E-state index is -0.767. The maximum absolute atomic E-state index is 5.85. The molecule has 0 fully saturated rings. The molecule has 0 unspecified atom stereocenters. The molecule has 0 heterocycles. The zero-order chi connectivity index (χ0) is 10.1. The molecular weight excluding hydrogens is 250 g/mol. The third-order valence-corrected chi connectivity index (χ3v) is 2.50. The van der Waals surface area contributed by atoms with Crippen LogP contribution in [0.1, 0.15) is 12.5 Å². The fourth-order valence-electron chi connectivity index (χ4n) is 1.01. The van der Waals surface area contributed by atoms with Gasteiger partial charge < -0.3 is 0 Å². The molecule has 1 aromatic rings. The summed E-state index contributed by atoms with van der Waals surface area (Å²) >= 11 is 23.3. The second-order valence-electron chi connectivity index (χ2n) is 3.00. The van der Waals surface area contributed by atoms with Crippen molar-refractivity contribution < 1.29 is 0 Å². The first-order valence-electron chi connectivity index (χ1n) is 3.70. The summed E-state index contributed by atoms with van der Waals surface area (Å²) in [4.78, 5) is 0. The van der Waals surface area contributed by atoms with Crippen molar-refractivity contribution in [1.82, 2.24) is 0 Å². The predicted molar refractivity (Wildman–Crippen MR) is 60.3 cm³/mol. The highest BCUT2D eigenvalue weighted by atomic mass is 35.5. The van der Waals surface area contributed by atoms with Crippen LogP contribution in [-0.4, -0.2) is 4.33 Å². The molecule has 0 amide bonds. The average Bonchev–Trinajstić information content (AvgIpc) is 1.94. The molecule has 0 aliphatic heterocycles. The van der Waals surface area contributed by atoms with E-state index in [1.165, 1.54) is 0 Å². The van der Waals surface area contributed by atoms with Crippen LogP contribution < -0.4 is 0 Å². The molecule has 72 valence electrons. The van der Waals surface area contributed by atoms with Crippen LogP contribution in [0.25, 0.3) is 0 Å². The van der Waals surface area contributed by atoms with E-state index < -0.39 is 4.33 Å². The molecule has 0 bridgehead atoms. The Morgan fingerprint density at radius 1 is 1.15 bits per heavy atom. The van der Waals surface area contributed by atoms with Gasteiger partial charge in [0, 0.05) is 6.42 Å². The van der Waals surface area contributed by atoms with E-state index in [9.17, 15) is 0 Å². The number of rotatable bonds is 2. The Kier molecular flexibility index (Phi) is 3.76. The van der Waals surface area contributed by atoms with Gasteiger partial charge in [0.2, 0.25) is 0 Å². The fraction of sp³-hybridized carbons (Fsp3) is 0.333. The van der Waals surface area contributed by atoms with E-state index in [2.05, 4.69) is 0 Å². The maximum atomic E-state index is 5.85. The summed E-state index contributed by atoms with van der Waals surface area (Å²) in [5.74, 6) is 0. The van der Waals surface area contributed by atoms with Crippen LogP contribution in [0.5, 0.6) is 0 Å². The van der Waals surface area contributed by atoms with E-state index >= 15 is 0 Å². The summed E-state index contributed by atoms with van der Waals surface area (Å²) in [6.45, 7) is 1.73. The normalized spacial score (nSPS) is 11.8. The van der Waals surface area contributed by atoms with Crippen LogP contribution in [0, 0.1) is 0 Å². The quantitative estimate of drug-likeness (QED) is 0.672. The van der Waals surface area contributed by atoms with Crippen LogP contribution in [0.3, 0.4) is 0 Å². The Morgan fingerprint density at radius 2 is 1.77 bits per heavy atom. The molecule has 0 atom stereocenters. The molecule has 4 heteroatoms. The van der Waals surface area contributed by atoms with Crippen LogP contribution >= 0.6 is 46.4 Å². The molecule has 0 radical (unpaired) electrons. The van der Waals surface area contributed by atoms with E-state index in [0.717, 1.165) is 5.56 Å². The highest BCUT2D eigenvalue weighted by Crippen LogP contribution is 2.28. The Labute approximate surface area is 97.7 Å². The lowest BCUT2D eigenvalue weighted by atomic mass is 10.1. The number of benzene rings is 1. The van der Waals surface area contributed by atoms with E-state index in [1.54, 1.807) is 19.1 Å². The fourth-order valence-corrected chi connectivity index (χ4v) is 1.64. The highest BCUT2D eigenvalue weighted by molar-refractivity contribution is 6.48. The Bertz CT molecular complexity index is 301. The molecule has 0 nitrogen and oxygen atoms in total. The van der Waals surface area contributed by atoms with E-state index in [-0.39, 0.29) is 0 Å². The molecule has 0 aliphatic rings. The van der Waals surface area contributed by atoms with Gasteiger partial charge in [-0.05, 0) is 24.6 Å². The molecule has 0 spiro atoms. The number of alkyl halides is 2. The molecular formula is C9H8Cl4. The Morgan fingerprint density at radius 3 is 2.23 bits per heavy atom. The van der Waals surface area contributed by atoms with Crippen LogP contribution in [0.2, 0.25) is 10.0 Å². The van der Waals surface area contributed by atoms with Gasteiger partial charge in [-0.2, -0.15) is 0 Å². The molecule has 0 N–H and O–H groups in total. The third-order valence-electron chi connectivity index (χ3n) is 1.50. The van der Waals surface area contributed by atoms with Crippen molar-refractivity contribution in [3.63, 3.8) is 0 Å². The first kappa shape index (κ1) is 11.5. The summed E-state index contributed by atoms with van der Waals surface area (Å²) in [7, 11) is 0. The maximum Gasteiger partial charge on any atom is 0.119 e. The molecule has 0 saturated carbocycles. The van der Waals surface area contributed by atoms with Gasteiger partial charge in [0.05, 0.1) is 10.0 Å². The lowest BCUT2D eigenvalue weighted by molar-refractivity contribution is 0.853. The van der Waals surface area contributed by atoms with Crippen molar-refractivity contribution in [3.8, 4) is 0 Å². The van der Waals surface area contributed by atoms with Gasteiger partial charge in [0.15, 0.2) is 0 Å². The predicted octanol–water partition coefficient (Wildman–Crippen LogP) is 4.73. The van der Waals surface area contributed by atoms with Crippen molar-refractivity contribution in [2.45, 2.75) is 17.7 Å².